The van der Waals surface area contributed by atoms with Gasteiger partial charge in [0.2, 0.25) is 5.91 Å². The molecule has 3 rings (SSSR count). The van der Waals surface area contributed by atoms with Crippen molar-refractivity contribution in [2.24, 2.45) is 5.92 Å². The van der Waals surface area contributed by atoms with Crippen LogP contribution in [-0.4, -0.2) is 39.1 Å². The Labute approximate surface area is 128 Å². The van der Waals surface area contributed by atoms with Crippen molar-refractivity contribution in [1.29, 1.82) is 0 Å². The Balaban J connectivity index is 1.57. The Morgan fingerprint density at radius 3 is 2.73 bits per heavy atom. The molecule has 2 N–H and O–H groups in total. The first kappa shape index (κ1) is 14.2. The molecule has 0 aliphatic carbocycles. The summed E-state index contributed by atoms with van der Waals surface area (Å²) in [5.41, 5.74) is 0. The fourth-order valence-electron chi connectivity index (χ4n) is 2.54. The number of anilines is 2. The normalized spacial score (nSPS) is 15.5. The van der Waals surface area contributed by atoms with Crippen LogP contribution in [0, 0.1) is 5.92 Å². The van der Waals surface area contributed by atoms with Gasteiger partial charge in [-0.05, 0) is 25.0 Å². The summed E-state index contributed by atoms with van der Waals surface area (Å²) in [4.78, 5) is 26.7. The van der Waals surface area contributed by atoms with Crippen LogP contribution in [0.25, 0.3) is 0 Å². The van der Waals surface area contributed by atoms with E-state index >= 15 is 0 Å². The number of nitrogens with zero attached hydrogens (tertiary/aromatic N) is 4. The van der Waals surface area contributed by atoms with Gasteiger partial charge in [-0.1, -0.05) is 0 Å². The second-order valence-electron chi connectivity index (χ2n) is 5.19. The van der Waals surface area contributed by atoms with E-state index in [1.807, 2.05) is 0 Å². The molecule has 0 radical (unpaired) electrons. The molecule has 0 spiro atoms. The number of hydrogen-bond acceptors (Lipinski definition) is 6. The Kier molecular flexibility index (Phi) is 4.13. The van der Waals surface area contributed by atoms with E-state index < -0.39 is 0 Å². The van der Waals surface area contributed by atoms with Crippen LogP contribution >= 0.6 is 0 Å². The highest BCUT2D eigenvalue weighted by molar-refractivity contribution is 5.92. The Morgan fingerprint density at radius 1 is 1.23 bits per heavy atom. The Hall–Kier alpha value is -2.70. The topological polar surface area (TPSA) is 91.2 Å². The lowest BCUT2D eigenvalue weighted by Gasteiger charge is -2.31. The van der Waals surface area contributed by atoms with Crippen LogP contribution in [0.3, 0.4) is 0 Å². The predicted molar refractivity (Wildman–Crippen MR) is 81.5 cm³/mol. The molecule has 7 heteroatoms. The molecule has 0 unspecified atom stereocenters. The van der Waals surface area contributed by atoms with E-state index in [1.54, 1.807) is 24.7 Å². The van der Waals surface area contributed by atoms with Gasteiger partial charge in [0.15, 0.2) is 11.6 Å². The quantitative estimate of drug-likeness (QED) is 0.891. The summed E-state index contributed by atoms with van der Waals surface area (Å²) in [6.45, 7) is 1.51. The van der Waals surface area contributed by atoms with E-state index in [4.69, 9.17) is 0 Å². The molecule has 0 aromatic carbocycles. The van der Waals surface area contributed by atoms with Crippen molar-refractivity contribution < 1.29 is 9.90 Å². The number of piperidine rings is 1. The van der Waals surface area contributed by atoms with Gasteiger partial charge in [-0.15, -0.1) is 0 Å². The van der Waals surface area contributed by atoms with Crippen LogP contribution in [0.1, 0.15) is 12.8 Å². The smallest absolute Gasteiger partial charge is 0.228 e. The first-order valence-electron chi connectivity index (χ1n) is 7.20. The van der Waals surface area contributed by atoms with Crippen molar-refractivity contribution in [2.75, 3.05) is 23.3 Å². The highest BCUT2D eigenvalue weighted by atomic mass is 16.3. The average Bonchev–Trinajstić information content (AvgIpc) is 2.58. The van der Waals surface area contributed by atoms with Crippen molar-refractivity contribution in [1.82, 2.24) is 15.0 Å². The van der Waals surface area contributed by atoms with Gasteiger partial charge in [-0.2, -0.15) is 0 Å². The molecule has 22 heavy (non-hydrogen) atoms. The molecule has 1 amide bonds. The molecule has 0 bridgehead atoms. The molecule has 0 saturated carbocycles. The lowest BCUT2D eigenvalue weighted by molar-refractivity contribution is -0.120. The lowest BCUT2D eigenvalue weighted by atomic mass is 9.96. The third-order valence-electron chi connectivity index (χ3n) is 3.77. The highest BCUT2D eigenvalue weighted by Crippen LogP contribution is 2.24. The fraction of sp³-hybridized carbons (Fsp3) is 0.333. The van der Waals surface area contributed by atoms with Crippen molar-refractivity contribution in [3.63, 3.8) is 0 Å². The molecule has 3 heterocycles. The van der Waals surface area contributed by atoms with Crippen molar-refractivity contribution in [3.05, 3.63) is 36.9 Å². The summed E-state index contributed by atoms with van der Waals surface area (Å²) in [7, 11) is 0. The average molecular weight is 299 g/mol. The number of carbonyl (C=O) groups is 1. The third-order valence-corrected chi connectivity index (χ3v) is 3.77. The number of nitrogens with one attached hydrogen (secondary N) is 1. The van der Waals surface area contributed by atoms with Gasteiger partial charge in [0.1, 0.15) is 5.82 Å². The molecular weight excluding hydrogens is 282 g/mol. The monoisotopic (exact) mass is 299 g/mol. The third kappa shape index (κ3) is 3.13. The van der Waals surface area contributed by atoms with Gasteiger partial charge < -0.3 is 15.3 Å². The molecule has 114 valence electrons. The molecule has 1 aliphatic rings. The minimum atomic E-state index is -0.104. The molecule has 2 aromatic rings. The minimum absolute atomic E-state index is 0.0205. The zero-order valence-corrected chi connectivity index (χ0v) is 12.0. The number of aromatic hydroxyl groups is 1. The van der Waals surface area contributed by atoms with E-state index in [0.717, 1.165) is 31.7 Å². The van der Waals surface area contributed by atoms with Crippen LogP contribution < -0.4 is 10.2 Å². The van der Waals surface area contributed by atoms with Crippen LogP contribution in [-0.2, 0) is 4.79 Å². The number of pyridine rings is 1. The van der Waals surface area contributed by atoms with Crippen LogP contribution in [0.4, 0.5) is 11.6 Å². The van der Waals surface area contributed by atoms with Crippen LogP contribution in [0.15, 0.2) is 36.9 Å². The van der Waals surface area contributed by atoms with Crippen molar-refractivity contribution in [2.45, 2.75) is 12.8 Å². The fourth-order valence-corrected chi connectivity index (χ4v) is 2.54. The Bertz CT molecular complexity index is 641. The second-order valence-corrected chi connectivity index (χ2v) is 5.19. The van der Waals surface area contributed by atoms with Gasteiger partial charge >= 0.3 is 0 Å². The first-order chi connectivity index (χ1) is 10.7. The van der Waals surface area contributed by atoms with E-state index in [-0.39, 0.29) is 23.4 Å². The summed E-state index contributed by atoms with van der Waals surface area (Å²) in [6.07, 6.45) is 8.03. The standard InChI is InChI=1S/C15H17N5O2/c21-12-2-1-5-18-14(12)19-15(22)11-3-8-20(9-4-11)13-10-16-6-7-17-13/h1-2,5-7,10-11,21H,3-4,8-9H2,(H,18,19,22). The molecule has 1 aliphatic heterocycles. The summed E-state index contributed by atoms with van der Waals surface area (Å²) in [5, 5.41) is 12.3. The second kappa shape index (κ2) is 6.38. The number of rotatable bonds is 3. The van der Waals surface area contributed by atoms with Crippen molar-refractivity contribution in [3.8, 4) is 5.75 Å². The van der Waals surface area contributed by atoms with Gasteiger partial charge in [-0.3, -0.25) is 9.78 Å². The van der Waals surface area contributed by atoms with Gasteiger partial charge in [0.05, 0.1) is 6.20 Å². The maximum Gasteiger partial charge on any atom is 0.228 e. The summed E-state index contributed by atoms with van der Waals surface area (Å²) in [5.74, 6) is 0.836. The molecule has 1 saturated heterocycles. The molecule has 7 nitrogen and oxygen atoms in total. The minimum Gasteiger partial charge on any atom is -0.504 e. The number of amides is 1. The van der Waals surface area contributed by atoms with Gasteiger partial charge in [-0.25, -0.2) is 9.97 Å². The van der Waals surface area contributed by atoms with Crippen LogP contribution in [0.5, 0.6) is 5.75 Å². The van der Waals surface area contributed by atoms with Crippen LogP contribution in [0.2, 0.25) is 0 Å². The van der Waals surface area contributed by atoms with E-state index in [9.17, 15) is 9.90 Å². The SMILES string of the molecule is O=C(Nc1ncccc1O)C1CCN(c2cnccn2)CC1. The molecular formula is C15H17N5O2. The molecule has 1 fully saturated rings. The molecule has 2 aromatic heterocycles. The largest absolute Gasteiger partial charge is 0.504 e. The van der Waals surface area contributed by atoms with Gasteiger partial charge in [0.25, 0.3) is 0 Å². The predicted octanol–water partition coefficient (Wildman–Crippen LogP) is 1.43. The molecule has 0 atom stereocenters. The van der Waals surface area contributed by atoms with E-state index in [2.05, 4.69) is 25.2 Å². The number of hydrogen-bond donors (Lipinski definition) is 2. The number of carbonyl (C=O) groups excluding carboxylic acids is 1. The first-order valence-corrected chi connectivity index (χ1v) is 7.20. The summed E-state index contributed by atoms with van der Waals surface area (Å²) < 4.78 is 0. The van der Waals surface area contributed by atoms with E-state index in [0.29, 0.717) is 0 Å². The zero-order valence-electron chi connectivity index (χ0n) is 12.0. The number of aromatic nitrogens is 3. The van der Waals surface area contributed by atoms with E-state index in [1.165, 1.54) is 12.3 Å². The van der Waals surface area contributed by atoms with Gasteiger partial charge in [0, 0.05) is 37.6 Å². The lowest BCUT2D eigenvalue weighted by Crippen LogP contribution is -2.38. The summed E-state index contributed by atoms with van der Waals surface area (Å²) in [6, 6.07) is 3.11. The summed E-state index contributed by atoms with van der Waals surface area (Å²) >= 11 is 0. The zero-order chi connectivity index (χ0) is 15.4. The maximum absolute atomic E-state index is 12.3. The van der Waals surface area contributed by atoms with Crippen molar-refractivity contribution >= 4 is 17.5 Å². The Morgan fingerprint density at radius 2 is 2.05 bits per heavy atom. The highest BCUT2D eigenvalue weighted by Gasteiger charge is 2.26. The maximum atomic E-state index is 12.3.